The van der Waals surface area contributed by atoms with E-state index >= 15 is 0 Å². The lowest BCUT2D eigenvalue weighted by Crippen LogP contribution is -2.54. The van der Waals surface area contributed by atoms with E-state index in [0.29, 0.717) is 13.0 Å². The van der Waals surface area contributed by atoms with Crippen LogP contribution < -0.4 is 4.72 Å². The first-order valence-corrected chi connectivity index (χ1v) is 7.72. The number of hydrogen-bond donors (Lipinski definition) is 1. The number of nitrogens with zero attached hydrogens (tertiary/aromatic N) is 1. The van der Waals surface area contributed by atoms with Crippen LogP contribution in [0.4, 0.5) is 30.7 Å². The molecule has 0 aromatic carbocycles. The Balaban J connectivity index is 4.73. The maximum atomic E-state index is 13.3. The summed E-state index contributed by atoms with van der Waals surface area (Å²) in [6.45, 7) is 0.290. The van der Waals surface area contributed by atoms with E-state index in [1.807, 2.05) is 4.72 Å². The van der Waals surface area contributed by atoms with Crippen molar-refractivity contribution in [1.82, 2.24) is 9.62 Å². The Morgan fingerprint density at radius 1 is 0.955 bits per heavy atom. The second-order valence-corrected chi connectivity index (χ2v) is 6.84. The zero-order valence-corrected chi connectivity index (χ0v) is 12.7. The van der Waals surface area contributed by atoms with Gasteiger partial charge in [-0.05, 0) is 27.1 Å². The fourth-order valence-corrected chi connectivity index (χ4v) is 2.56. The molecule has 22 heavy (non-hydrogen) atoms. The van der Waals surface area contributed by atoms with Gasteiger partial charge in [-0.15, -0.1) is 0 Å². The van der Waals surface area contributed by atoms with E-state index in [9.17, 15) is 39.2 Å². The highest BCUT2D eigenvalue weighted by molar-refractivity contribution is 7.89. The van der Waals surface area contributed by atoms with Crippen LogP contribution in [0.2, 0.25) is 0 Å². The van der Waals surface area contributed by atoms with Gasteiger partial charge in [0.05, 0.1) is 5.75 Å². The van der Waals surface area contributed by atoms with Crippen LogP contribution in [0.1, 0.15) is 12.8 Å². The SMILES string of the molecule is CN(C)CCCNS(=O)(=O)CCC(F)(C(F)(F)F)C(F)(F)F. The van der Waals surface area contributed by atoms with Crippen LogP contribution in [0.25, 0.3) is 0 Å². The molecule has 1 N–H and O–H groups in total. The molecule has 4 nitrogen and oxygen atoms in total. The molecule has 0 saturated heterocycles. The summed E-state index contributed by atoms with van der Waals surface area (Å²) < 4.78 is 111. The van der Waals surface area contributed by atoms with Gasteiger partial charge in [0.25, 0.3) is 5.67 Å². The van der Waals surface area contributed by atoms with E-state index in [4.69, 9.17) is 0 Å². The van der Waals surface area contributed by atoms with Crippen molar-refractivity contribution in [1.29, 1.82) is 0 Å². The molecule has 0 aliphatic rings. The maximum Gasteiger partial charge on any atom is 0.431 e. The highest BCUT2D eigenvalue weighted by atomic mass is 32.2. The third-order valence-electron chi connectivity index (χ3n) is 2.72. The smallest absolute Gasteiger partial charge is 0.309 e. The average molecular weight is 362 g/mol. The van der Waals surface area contributed by atoms with Gasteiger partial charge in [-0.3, -0.25) is 0 Å². The quantitative estimate of drug-likeness (QED) is 0.531. The van der Waals surface area contributed by atoms with E-state index in [-0.39, 0.29) is 6.54 Å². The van der Waals surface area contributed by atoms with Gasteiger partial charge in [0.15, 0.2) is 0 Å². The molecule has 0 aromatic rings. The molecule has 134 valence electrons. The van der Waals surface area contributed by atoms with Crippen molar-refractivity contribution >= 4 is 10.0 Å². The number of halogens is 7. The van der Waals surface area contributed by atoms with Gasteiger partial charge in [-0.1, -0.05) is 0 Å². The fraction of sp³-hybridized carbons (Fsp3) is 1.00. The third-order valence-corrected chi connectivity index (χ3v) is 4.10. The van der Waals surface area contributed by atoms with Gasteiger partial charge in [0, 0.05) is 13.0 Å². The van der Waals surface area contributed by atoms with Crippen LogP contribution in [0.3, 0.4) is 0 Å². The third kappa shape index (κ3) is 6.24. The highest BCUT2D eigenvalue weighted by Gasteiger charge is 2.72. The van der Waals surface area contributed by atoms with Crippen molar-refractivity contribution in [3.8, 4) is 0 Å². The number of sulfonamides is 1. The Hall–Kier alpha value is -0.620. The van der Waals surface area contributed by atoms with E-state index in [0.717, 1.165) is 0 Å². The molecule has 0 saturated carbocycles. The average Bonchev–Trinajstić information content (AvgIpc) is 2.28. The van der Waals surface area contributed by atoms with Crippen LogP contribution in [0.5, 0.6) is 0 Å². The lowest BCUT2D eigenvalue weighted by Gasteiger charge is -2.29. The first kappa shape index (κ1) is 21.4. The minimum atomic E-state index is -6.24. The van der Waals surface area contributed by atoms with Crippen molar-refractivity contribution in [2.24, 2.45) is 0 Å². The van der Waals surface area contributed by atoms with E-state index in [2.05, 4.69) is 0 Å². The van der Waals surface area contributed by atoms with Crippen molar-refractivity contribution in [3.05, 3.63) is 0 Å². The summed E-state index contributed by atoms with van der Waals surface area (Å²) >= 11 is 0. The van der Waals surface area contributed by atoms with Crippen molar-refractivity contribution < 1.29 is 39.2 Å². The van der Waals surface area contributed by atoms with Gasteiger partial charge >= 0.3 is 12.4 Å². The molecule has 0 atom stereocenters. The largest absolute Gasteiger partial charge is 0.431 e. The molecule has 0 heterocycles. The van der Waals surface area contributed by atoms with Crippen LogP contribution in [-0.2, 0) is 10.0 Å². The van der Waals surface area contributed by atoms with Gasteiger partial charge in [-0.2, -0.15) is 26.3 Å². The number of rotatable bonds is 8. The molecular formula is C10H17F7N2O2S. The second kappa shape index (κ2) is 7.30. The zero-order valence-electron chi connectivity index (χ0n) is 11.9. The molecule has 0 aliphatic heterocycles. The standard InChI is InChI=1S/C10H17F7N2O2S/c1-19(2)6-3-5-18-22(20,21)7-4-8(11,9(12,13)14)10(15,16)17/h18H,3-7H2,1-2H3. The number of nitrogens with one attached hydrogen (secondary N) is 1. The zero-order chi connectivity index (χ0) is 17.8. The summed E-state index contributed by atoms with van der Waals surface area (Å²) in [5.41, 5.74) is -5.56. The Labute approximate surface area is 123 Å². The number of alkyl halides is 7. The van der Waals surface area contributed by atoms with Crippen LogP contribution in [-0.4, -0.2) is 64.3 Å². The summed E-state index contributed by atoms with van der Waals surface area (Å²) in [5.74, 6) is -1.62. The maximum absolute atomic E-state index is 13.3. The topological polar surface area (TPSA) is 49.4 Å². The van der Waals surface area contributed by atoms with Crippen molar-refractivity contribution in [2.75, 3.05) is 32.9 Å². The molecule has 0 bridgehead atoms. The lowest BCUT2D eigenvalue weighted by atomic mass is 10.0. The molecular weight excluding hydrogens is 345 g/mol. The van der Waals surface area contributed by atoms with Crippen molar-refractivity contribution in [2.45, 2.75) is 30.9 Å². The van der Waals surface area contributed by atoms with E-state index < -0.39 is 40.2 Å². The summed E-state index contributed by atoms with van der Waals surface area (Å²) in [4.78, 5) is 1.70. The monoisotopic (exact) mass is 362 g/mol. The summed E-state index contributed by atoms with van der Waals surface area (Å²) in [6.07, 6.45) is -14.4. The molecule has 12 heteroatoms. The van der Waals surface area contributed by atoms with Gasteiger partial charge < -0.3 is 4.90 Å². The van der Waals surface area contributed by atoms with Crippen LogP contribution in [0, 0.1) is 0 Å². The van der Waals surface area contributed by atoms with E-state index in [1.165, 1.54) is 0 Å². The first-order chi connectivity index (χ1) is 9.62. The molecule has 0 fully saturated rings. The summed E-state index contributed by atoms with van der Waals surface area (Å²) in [5, 5.41) is 0. The Bertz CT molecular complexity index is 431. The summed E-state index contributed by atoms with van der Waals surface area (Å²) in [7, 11) is -1.06. The first-order valence-electron chi connectivity index (χ1n) is 6.07. The molecule has 0 aromatic heterocycles. The molecule has 0 radical (unpaired) electrons. The minimum Gasteiger partial charge on any atom is -0.309 e. The highest BCUT2D eigenvalue weighted by Crippen LogP contribution is 2.48. The van der Waals surface area contributed by atoms with Crippen molar-refractivity contribution in [3.63, 3.8) is 0 Å². The van der Waals surface area contributed by atoms with Gasteiger partial charge in [0.2, 0.25) is 10.0 Å². The minimum absolute atomic E-state index is 0.169. The Morgan fingerprint density at radius 2 is 1.41 bits per heavy atom. The number of hydrogen-bond acceptors (Lipinski definition) is 3. The predicted molar refractivity (Wildman–Crippen MR) is 65.5 cm³/mol. The van der Waals surface area contributed by atoms with Crippen LogP contribution >= 0.6 is 0 Å². The second-order valence-electron chi connectivity index (χ2n) is 4.92. The molecule has 0 rings (SSSR count). The molecule has 0 spiro atoms. The predicted octanol–water partition coefficient (Wildman–Crippen LogP) is 2.08. The van der Waals surface area contributed by atoms with Crippen LogP contribution in [0.15, 0.2) is 0 Å². The van der Waals surface area contributed by atoms with E-state index in [1.54, 1.807) is 19.0 Å². The lowest BCUT2D eigenvalue weighted by molar-refractivity contribution is -0.341. The van der Waals surface area contributed by atoms with Gasteiger partial charge in [0.1, 0.15) is 0 Å². The normalized spacial score (nSPS) is 14.6. The van der Waals surface area contributed by atoms with Gasteiger partial charge in [-0.25, -0.2) is 17.5 Å². The molecule has 0 amide bonds. The Kier molecular flexibility index (Phi) is 7.09. The summed E-state index contributed by atoms with van der Waals surface area (Å²) in [6, 6.07) is 0. The molecule has 0 unspecified atom stereocenters. The molecule has 0 aliphatic carbocycles. The Morgan fingerprint density at radius 3 is 1.77 bits per heavy atom. The fourth-order valence-electron chi connectivity index (χ4n) is 1.41.